The van der Waals surface area contributed by atoms with Crippen LogP contribution in [0, 0.1) is 5.41 Å². The van der Waals surface area contributed by atoms with Crippen LogP contribution in [0.1, 0.15) is 71.8 Å². The Bertz CT molecular complexity index is 1280. The van der Waals surface area contributed by atoms with Crippen molar-refractivity contribution < 1.29 is 19.1 Å². The highest BCUT2D eigenvalue weighted by Crippen LogP contribution is 2.65. The van der Waals surface area contributed by atoms with Crippen molar-refractivity contribution in [2.45, 2.75) is 56.9 Å². The van der Waals surface area contributed by atoms with E-state index in [1.54, 1.807) is 7.11 Å². The maximum atomic E-state index is 13.1. The lowest BCUT2D eigenvalue weighted by Crippen LogP contribution is -2.24. The van der Waals surface area contributed by atoms with Crippen LogP contribution in [0.25, 0.3) is 22.2 Å². The largest absolute Gasteiger partial charge is 0.497 e. The highest BCUT2D eigenvalue weighted by Gasteiger charge is 2.63. The number of fused-ring (bicyclic) bond motifs is 7. The van der Waals surface area contributed by atoms with Crippen LogP contribution in [0.2, 0.25) is 0 Å². The number of benzene rings is 2. The Kier molecular flexibility index (Phi) is 4.65. The fourth-order valence-corrected chi connectivity index (χ4v) is 6.56. The predicted octanol–water partition coefficient (Wildman–Crippen LogP) is 5.84. The molecule has 170 valence electrons. The molecule has 0 bridgehead atoms. The van der Waals surface area contributed by atoms with Gasteiger partial charge in [0, 0.05) is 34.5 Å². The number of aldehydes is 1. The molecule has 5 heteroatoms. The van der Waals surface area contributed by atoms with E-state index < -0.39 is 5.41 Å². The van der Waals surface area contributed by atoms with E-state index in [4.69, 9.17) is 9.47 Å². The van der Waals surface area contributed by atoms with Gasteiger partial charge in [-0.15, -0.1) is 0 Å². The van der Waals surface area contributed by atoms with Crippen molar-refractivity contribution in [1.29, 1.82) is 0 Å². The molecule has 0 saturated heterocycles. The van der Waals surface area contributed by atoms with Gasteiger partial charge < -0.3 is 14.0 Å². The van der Waals surface area contributed by atoms with E-state index in [-0.39, 0.29) is 11.9 Å². The SMILES string of the molecule is COC(=O)C12CC1c1cc(OC)ccc1-c1c(C3CCCCC3)c3ccc(C=O)cc3n1C2. The summed E-state index contributed by atoms with van der Waals surface area (Å²) < 4.78 is 13.2. The molecular formula is C28H29NO4. The topological polar surface area (TPSA) is 57.5 Å². The van der Waals surface area contributed by atoms with Crippen LogP contribution in [0.5, 0.6) is 5.75 Å². The lowest BCUT2D eigenvalue weighted by molar-refractivity contribution is -0.147. The molecule has 33 heavy (non-hydrogen) atoms. The van der Waals surface area contributed by atoms with E-state index in [1.807, 2.05) is 18.2 Å². The van der Waals surface area contributed by atoms with Crippen molar-refractivity contribution in [3.05, 3.63) is 53.1 Å². The van der Waals surface area contributed by atoms with Crippen LogP contribution < -0.4 is 4.74 Å². The van der Waals surface area contributed by atoms with Crippen LogP contribution in [-0.4, -0.2) is 31.0 Å². The minimum atomic E-state index is -0.575. The Morgan fingerprint density at radius 2 is 1.91 bits per heavy atom. The summed E-state index contributed by atoms with van der Waals surface area (Å²) in [6, 6.07) is 12.3. The third-order valence-corrected chi connectivity index (χ3v) is 8.27. The molecule has 0 spiro atoms. The number of hydrogen-bond donors (Lipinski definition) is 0. The highest BCUT2D eigenvalue weighted by atomic mass is 16.5. The highest BCUT2D eigenvalue weighted by molar-refractivity contribution is 5.97. The first-order valence-corrected chi connectivity index (χ1v) is 12.0. The number of carbonyl (C=O) groups is 2. The Hall–Kier alpha value is -3.08. The van der Waals surface area contributed by atoms with Gasteiger partial charge in [0.25, 0.3) is 0 Å². The summed E-state index contributed by atoms with van der Waals surface area (Å²) in [5.74, 6) is 1.25. The van der Waals surface area contributed by atoms with Crippen LogP contribution in [0.3, 0.4) is 0 Å². The zero-order valence-corrected chi connectivity index (χ0v) is 19.2. The van der Waals surface area contributed by atoms with Gasteiger partial charge in [0.2, 0.25) is 0 Å². The molecule has 5 nitrogen and oxygen atoms in total. The summed E-state index contributed by atoms with van der Waals surface area (Å²) in [6.45, 7) is 0.572. The summed E-state index contributed by atoms with van der Waals surface area (Å²) >= 11 is 0. The molecule has 0 amide bonds. The molecule has 1 aliphatic heterocycles. The zero-order chi connectivity index (χ0) is 22.7. The van der Waals surface area contributed by atoms with Gasteiger partial charge in [0.15, 0.2) is 0 Å². The third-order valence-electron chi connectivity index (χ3n) is 8.27. The molecule has 3 aliphatic rings. The molecule has 0 radical (unpaired) electrons. The monoisotopic (exact) mass is 443 g/mol. The molecule has 2 atom stereocenters. The van der Waals surface area contributed by atoms with Gasteiger partial charge >= 0.3 is 5.97 Å². The van der Waals surface area contributed by atoms with Crippen molar-refractivity contribution in [2.75, 3.05) is 14.2 Å². The number of hydrogen-bond acceptors (Lipinski definition) is 4. The molecule has 2 fully saturated rings. The fourth-order valence-electron chi connectivity index (χ4n) is 6.56. The number of methoxy groups -OCH3 is 2. The zero-order valence-electron chi connectivity index (χ0n) is 19.2. The summed E-state index contributed by atoms with van der Waals surface area (Å²) in [5, 5.41) is 1.21. The molecule has 2 aliphatic carbocycles. The standard InChI is InChI=1S/C28H29NO4/c1-32-19-9-11-20-22(13-19)23-14-28(23,27(31)33-2)16-29-24-12-17(15-30)8-10-21(24)25(26(20)29)18-6-4-3-5-7-18/h8-13,15,18,23H,3-7,14,16H2,1-2H3. The number of carbonyl (C=O) groups excluding carboxylic acids is 2. The average Bonchev–Trinajstić information content (AvgIpc) is 3.54. The molecular weight excluding hydrogens is 414 g/mol. The Morgan fingerprint density at radius 1 is 1.09 bits per heavy atom. The Morgan fingerprint density at radius 3 is 2.64 bits per heavy atom. The van der Waals surface area contributed by atoms with E-state index in [0.717, 1.165) is 24.0 Å². The average molecular weight is 444 g/mol. The number of nitrogens with zero attached hydrogens (tertiary/aromatic N) is 1. The maximum Gasteiger partial charge on any atom is 0.314 e. The smallest absolute Gasteiger partial charge is 0.314 e. The minimum absolute atomic E-state index is 0.110. The molecule has 2 saturated carbocycles. The molecule has 3 aromatic rings. The van der Waals surface area contributed by atoms with Crippen LogP contribution in [0.4, 0.5) is 0 Å². The first-order valence-electron chi connectivity index (χ1n) is 12.0. The van der Waals surface area contributed by atoms with E-state index >= 15 is 0 Å². The number of esters is 1. The lowest BCUT2D eigenvalue weighted by Gasteiger charge is -2.24. The summed E-state index contributed by atoms with van der Waals surface area (Å²) in [4.78, 5) is 24.8. The molecule has 2 heterocycles. The third kappa shape index (κ3) is 2.91. The van der Waals surface area contributed by atoms with Gasteiger partial charge in [-0.3, -0.25) is 9.59 Å². The Labute approximate surface area is 193 Å². The molecule has 2 unspecified atom stereocenters. The molecule has 6 rings (SSSR count). The first-order chi connectivity index (χ1) is 16.1. The Balaban J connectivity index is 1.69. The van der Waals surface area contributed by atoms with Gasteiger partial charge in [0.1, 0.15) is 12.0 Å². The van der Waals surface area contributed by atoms with E-state index in [9.17, 15) is 9.59 Å². The molecule has 2 aromatic carbocycles. The maximum absolute atomic E-state index is 13.1. The van der Waals surface area contributed by atoms with Crippen molar-refractivity contribution in [3.63, 3.8) is 0 Å². The van der Waals surface area contributed by atoms with Crippen LogP contribution in [-0.2, 0) is 16.1 Å². The fraction of sp³-hybridized carbons (Fsp3) is 0.429. The number of rotatable bonds is 4. The molecule has 1 aromatic heterocycles. The second-order valence-electron chi connectivity index (χ2n) is 9.94. The second-order valence-corrected chi connectivity index (χ2v) is 9.94. The second kappa shape index (κ2) is 7.47. The normalized spacial score (nSPS) is 23.8. The van der Waals surface area contributed by atoms with Gasteiger partial charge in [-0.05, 0) is 60.6 Å². The molecule has 0 N–H and O–H groups in total. The summed E-state index contributed by atoms with van der Waals surface area (Å²) in [7, 11) is 3.17. The van der Waals surface area contributed by atoms with Crippen LogP contribution >= 0.6 is 0 Å². The first kappa shape index (κ1) is 20.5. The number of ether oxygens (including phenoxy) is 2. The lowest BCUT2D eigenvalue weighted by atomic mass is 9.81. The van der Waals surface area contributed by atoms with Crippen molar-refractivity contribution in [3.8, 4) is 17.0 Å². The van der Waals surface area contributed by atoms with Gasteiger partial charge in [0.05, 0.1) is 25.3 Å². The van der Waals surface area contributed by atoms with Crippen LogP contribution in [0.15, 0.2) is 36.4 Å². The quantitative estimate of drug-likeness (QED) is 0.376. The van der Waals surface area contributed by atoms with Gasteiger partial charge in [-0.25, -0.2) is 0 Å². The summed E-state index contributed by atoms with van der Waals surface area (Å²) in [5.41, 5.74) is 6.10. The van der Waals surface area contributed by atoms with Crippen molar-refractivity contribution in [1.82, 2.24) is 4.57 Å². The number of aromatic nitrogens is 1. The van der Waals surface area contributed by atoms with E-state index in [2.05, 4.69) is 22.8 Å². The predicted molar refractivity (Wildman–Crippen MR) is 127 cm³/mol. The van der Waals surface area contributed by atoms with Crippen molar-refractivity contribution >= 4 is 23.2 Å². The van der Waals surface area contributed by atoms with Gasteiger partial charge in [-0.2, -0.15) is 0 Å². The van der Waals surface area contributed by atoms with E-state index in [0.29, 0.717) is 18.0 Å². The van der Waals surface area contributed by atoms with Gasteiger partial charge in [-0.1, -0.05) is 31.4 Å². The van der Waals surface area contributed by atoms with Crippen molar-refractivity contribution in [2.24, 2.45) is 5.41 Å². The van der Waals surface area contributed by atoms with E-state index in [1.165, 1.54) is 67.0 Å². The minimum Gasteiger partial charge on any atom is -0.497 e. The summed E-state index contributed by atoms with van der Waals surface area (Å²) in [6.07, 6.45) is 7.81.